The Labute approximate surface area is 880 Å². The molecule has 0 heterocycles. The van der Waals surface area contributed by atoms with E-state index in [4.69, 9.17) is 40.4 Å². The molecule has 8 atom stereocenters. The molecule has 0 aliphatic rings. The van der Waals surface area contributed by atoms with Crippen molar-refractivity contribution in [3.63, 3.8) is 0 Å². The molecule has 39 heteroatoms. The quantitative estimate of drug-likeness (QED) is 0.00827. The molecule has 0 saturated heterocycles. The van der Waals surface area contributed by atoms with E-state index >= 15 is 0 Å². The number of rotatable bonds is 35. The number of aliphatic hydroxyl groups excluding tert-OH is 1. The van der Waals surface area contributed by atoms with Crippen LogP contribution < -0.4 is 0 Å². The molecule has 5 aromatic carbocycles. The van der Waals surface area contributed by atoms with Gasteiger partial charge in [0.15, 0.2) is 23.3 Å². The van der Waals surface area contributed by atoms with Crippen molar-refractivity contribution >= 4 is 127 Å². The number of carbonyl (C=O) groups excluding carboxylic acids is 10. The molecule has 0 saturated carbocycles. The molecular weight excluding hydrogens is 2050 g/mol. The molecule has 144 heavy (non-hydrogen) atoms. The zero-order chi connectivity index (χ0) is 96.0. The van der Waals surface area contributed by atoms with E-state index in [1.807, 2.05) is 12.1 Å². The normalized spacial score (nSPS) is 11.5. The first-order valence-corrected chi connectivity index (χ1v) is 39.2. The van der Waals surface area contributed by atoms with Crippen LogP contribution in [-0.4, -0.2) is 151 Å². The Bertz CT molecular complexity index is 4450. The first-order valence-electron chi connectivity index (χ1n) is 37.2. The molecule has 5 aromatic rings. The highest BCUT2D eigenvalue weighted by Gasteiger charge is 2.54. The van der Waals surface area contributed by atoms with Crippen molar-refractivity contribution in [2.75, 3.05) is 41.7 Å². The van der Waals surface area contributed by atoms with Crippen molar-refractivity contribution in [1.29, 1.82) is 0 Å². The summed E-state index contributed by atoms with van der Waals surface area (Å²) in [4.78, 5) is 167. The van der Waals surface area contributed by atoms with Crippen molar-refractivity contribution in [3.05, 3.63) is 174 Å². The molecular formula is C105H182Br2ClF7O29. The van der Waals surface area contributed by atoms with E-state index in [0.717, 1.165) is 50.8 Å². The molecule has 0 aliphatic carbocycles. The number of hydrogen-bond donors (Lipinski definition) is 5. The fraction of sp³-hybridized carbons (Fsp3) is 0.581. The lowest BCUT2D eigenvalue weighted by atomic mass is 9.68. The monoisotopic (exact) mass is 2230 g/mol. The van der Waals surface area contributed by atoms with Crippen LogP contribution in [0.4, 0.5) is 30.7 Å². The molecule has 0 aromatic heterocycles. The third kappa shape index (κ3) is 50.5. The summed E-state index contributed by atoms with van der Waals surface area (Å²) in [6, 6.07) is 23.8. The maximum absolute atomic E-state index is 13.8. The number of carboxylic acid groups (broad SMARTS) is 4. The highest BCUT2D eigenvalue weighted by molar-refractivity contribution is 9.10. The molecule has 0 amide bonds. The van der Waals surface area contributed by atoms with Crippen LogP contribution in [0.1, 0.15) is 287 Å². The van der Waals surface area contributed by atoms with Crippen LogP contribution in [0.2, 0.25) is 5.02 Å². The number of esters is 10. The first-order chi connectivity index (χ1) is 57.1. The molecule has 29 nitrogen and oxygen atoms in total. The standard InChI is InChI=1S/C17H20BrFO6.C17H21BrO6.C17H23ClO5.C17H17F5O6.C17H21FO6.20CH4/c1-9(15(22)24-4)13(14(20)21)17(2,3)16(23)25-8-10-5-6-11(18)7-12(10)19;1-10(15(21)23-4)13(14(19)20)17(2,3)16(22)24-9-11-5-7-12(18)8-6-11;1-16(2,14(20)22-10-9-19)17(3,4)15(21)23-11-12-5-7-13(18)8-6-12;1-6(15(25)27-4)8(14(23)24)17(2,3)16(26)28-5-7-9(18)11(20)13(22)12(21)10(7)19;1-10(15(21)23-4)13(14(19)20)17(2,3)16(22)24-9-11-5-7-12(18)8-6-11;;;;;;;;;;;;;;;;;;;;/h5-7,9,13H,8H2,1-4H3,(H,20,21);5-8,10,13H,9H2,1-4H3,(H,19,20);5-8,19H,9-11H2,1-4H3;6,8H,5H2,1-4H3,(H,23,24);5-8,10,13H,9H2,1-4H3,(H,19,20);20*1H4. The van der Waals surface area contributed by atoms with Crippen molar-refractivity contribution < 1.29 is 171 Å². The van der Waals surface area contributed by atoms with Gasteiger partial charge in [0.1, 0.15) is 51.3 Å². The van der Waals surface area contributed by atoms with Crippen LogP contribution in [0.25, 0.3) is 0 Å². The molecule has 0 radical (unpaired) electrons. The Morgan fingerprint density at radius 2 is 0.535 bits per heavy atom. The number of carboxylic acids is 4. The third-order valence-electron chi connectivity index (χ3n) is 20.3. The molecule has 0 aliphatic heterocycles. The van der Waals surface area contributed by atoms with Gasteiger partial charge < -0.3 is 72.9 Å². The minimum Gasteiger partial charge on any atom is -0.481 e. The van der Waals surface area contributed by atoms with E-state index in [9.17, 15) is 118 Å². The SMILES string of the molecule is C.C.C.C.C.C.C.C.C.C.C.C.C.C.C.C.C.C.C.C.CC(C)(C(=O)OCCO)C(C)(C)C(=O)OCc1ccc(Cl)cc1.COC(=O)C(C)C(C(=O)O)C(C)(C)C(=O)OCc1c(F)c(F)c(F)c(F)c1F.COC(=O)C(C)C(C(=O)O)C(C)(C)C(=O)OCc1ccc(Br)cc1.COC(=O)C(C)C(C(=O)O)C(C)(C)C(=O)OCc1ccc(Br)cc1F.COC(=O)C(C)C(C(=O)O)C(C)(C)C(=O)OCc1ccc(F)cc1. The predicted molar refractivity (Wildman–Crippen MR) is 566 cm³/mol. The lowest BCUT2D eigenvalue weighted by molar-refractivity contribution is -0.176. The molecule has 8 unspecified atom stereocenters. The summed E-state index contributed by atoms with van der Waals surface area (Å²) >= 11 is 12.2. The maximum Gasteiger partial charge on any atom is 0.312 e. The lowest BCUT2D eigenvalue weighted by Gasteiger charge is -2.36. The summed E-state index contributed by atoms with van der Waals surface area (Å²) in [5.41, 5.74) is -7.58. The van der Waals surface area contributed by atoms with Gasteiger partial charge in [-0.15, -0.1) is 0 Å². The van der Waals surface area contributed by atoms with Crippen molar-refractivity contribution in [3.8, 4) is 0 Å². The second-order valence-corrected chi connectivity index (χ2v) is 33.3. The number of hydrogen-bond acceptors (Lipinski definition) is 25. The predicted octanol–water partition coefficient (Wildman–Crippen LogP) is 27.3. The number of benzene rings is 5. The van der Waals surface area contributed by atoms with Gasteiger partial charge >= 0.3 is 83.6 Å². The van der Waals surface area contributed by atoms with E-state index in [-0.39, 0.29) is 194 Å². The smallest absolute Gasteiger partial charge is 0.312 e. The first kappa shape index (κ1) is 182. The average Bonchev–Trinajstić information content (AvgIpc) is 0.796. The van der Waals surface area contributed by atoms with Gasteiger partial charge in [-0.2, -0.15) is 0 Å². The van der Waals surface area contributed by atoms with Crippen LogP contribution in [0, 0.1) is 121 Å². The average molecular weight is 2240 g/mol. The summed E-state index contributed by atoms with van der Waals surface area (Å²) in [5.74, 6) is -35.3. The fourth-order valence-electron chi connectivity index (χ4n) is 12.0. The Kier molecular flexibility index (Phi) is 102. The van der Waals surface area contributed by atoms with Crippen molar-refractivity contribution in [1.82, 2.24) is 0 Å². The van der Waals surface area contributed by atoms with Crippen LogP contribution >= 0.6 is 43.5 Å². The van der Waals surface area contributed by atoms with Gasteiger partial charge in [0.25, 0.3) is 0 Å². The van der Waals surface area contributed by atoms with Gasteiger partial charge in [-0.05, 0) is 148 Å². The van der Waals surface area contributed by atoms with Crippen molar-refractivity contribution in [2.45, 2.75) is 292 Å². The second-order valence-electron chi connectivity index (χ2n) is 31.1. The molecule has 0 spiro atoms. The summed E-state index contributed by atoms with van der Waals surface area (Å²) in [7, 11) is 4.47. The minimum absolute atomic E-state index is 0. The van der Waals surface area contributed by atoms with Gasteiger partial charge in [-0.3, -0.25) is 67.1 Å². The zero-order valence-electron chi connectivity index (χ0n) is 71.5. The van der Waals surface area contributed by atoms with Gasteiger partial charge in [-0.1, -0.05) is 262 Å². The van der Waals surface area contributed by atoms with E-state index in [0.29, 0.717) is 15.1 Å². The number of aliphatic hydroxyl groups is 1. The highest BCUT2D eigenvalue weighted by atomic mass is 79.9. The summed E-state index contributed by atoms with van der Waals surface area (Å²) in [6.07, 6.45) is 0. The number of aliphatic carboxylic acids is 4. The molecule has 0 fully saturated rings. The van der Waals surface area contributed by atoms with E-state index in [1.165, 1.54) is 113 Å². The Morgan fingerprint density at radius 3 is 0.785 bits per heavy atom. The zero-order valence-corrected chi connectivity index (χ0v) is 75.5. The number of carbonyl (C=O) groups is 14. The van der Waals surface area contributed by atoms with Gasteiger partial charge in [-0.25, -0.2) is 30.7 Å². The molecule has 5 N–H and O–H groups in total. The van der Waals surface area contributed by atoms with Gasteiger partial charge in [0.2, 0.25) is 5.82 Å². The van der Waals surface area contributed by atoms with Crippen LogP contribution in [0.15, 0.2) is 99.9 Å². The number of halogens is 10. The lowest BCUT2D eigenvalue weighted by Crippen LogP contribution is -2.46. The van der Waals surface area contributed by atoms with Crippen LogP contribution in [0.5, 0.6) is 0 Å². The summed E-state index contributed by atoms with van der Waals surface area (Å²) < 4.78 is 143. The maximum atomic E-state index is 13.8. The topological polar surface area (TPSA) is 432 Å². The minimum atomic E-state index is -2.37. The largest absolute Gasteiger partial charge is 0.481 e. The Morgan fingerprint density at radius 1 is 0.312 bits per heavy atom. The van der Waals surface area contributed by atoms with E-state index in [2.05, 4.69) is 55.5 Å². The Hall–Kier alpha value is -10.6. The number of ether oxygens (including phenoxy) is 10. The molecule has 5 rings (SSSR count). The second kappa shape index (κ2) is 80.6. The summed E-state index contributed by atoms with van der Waals surface area (Å²) in [6.45, 7) is 20.5. The third-order valence-corrected chi connectivity index (χ3v) is 21.6. The van der Waals surface area contributed by atoms with Crippen molar-refractivity contribution in [2.24, 2.45) is 79.8 Å². The number of methoxy groups -OCH3 is 4. The van der Waals surface area contributed by atoms with E-state index < -0.39 is 216 Å². The van der Waals surface area contributed by atoms with E-state index in [1.54, 1.807) is 70.2 Å². The molecule has 0 bridgehead atoms. The van der Waals surface area contributed by atoms with Crippen LogP contribution in [-0.2, 0) is 148 Å². The van der Waals surface area contributed by atoms with Crippen LogP contribution in [0.3, 0.4) is 0 Å². The summed E-state index contributed by atoms with van der Waals surface area (Å²) in [5, 5.41) is 47.1. The Balaban J connectivity index is -0.0000000718. The van der Waals surface area contributed by atoms with Gasteiger partial charge in [0, 0.05) is 19.5 Å². The highest BCUT2D eigenvalue weighted by Crippen LogP contribution is 2.43. The molecule has 846 valence electrons. The van der Waals surface area contributed by atoms with Gasteiger partial charge in [0.05, 0.1) is 120 Å². The fourth-order valence-corrected chi connectivity index (χ4v) is 12.7.